The number of benzene rings is 3. The summed E-state index contributed by atoms with van der Waals surface area (Å²) in [5, 5.41) is 1.16. The minimum atomic E-state index is 0.924. The van der Waals surface area contributed by atoms with Crippen LogP contribution in [0.5, 0.6) is 0 Å². The van der Waals surface area contributed by atoms with E-state index < -0.39 is 0 Å². The summed E-state index contributed by atoms with van der Waals surface area (Å²) in [7, 11) is 11.1. The van der Waals surface area contributed by atoms with Gasteiger partial charge >= 0.3 is 0 Å². The molecule has 27 heavy (non-hydrogen) atoms. The molecule has 0 N–H and O–H groups in total. The normalized spacial score (nSPS) is 11.1. The minimum absolute atomic E-state index is 0.924. The fourth-order valence-corrected chi connectivity index (χ4v) is 4.23. The number of furan rings is 1. The van der Waals surface area contributed by atoms with Crippen molar-refractivity contribution in [2.45, 2.75) is 0 Å². The van der Waals surface area contributed by atoms with Crippen molar-refractivity contribution in [1.82, 2.24) is 0 Å². The molecule has 126 valence electrons. The van der Waals surface area contributed by atoms with Crippen LogP contribution in [0, 0.1) is 0 Å². The van der Waals surface area contributed by atoms with Gasteiger partial charge in [0.2, 0.25) is 0 Å². The molecule has 1 nitrogen and oxygen atoms in total. The average Bonchev–Trinajstić information content (AvgIpc) is 3.09. The summed E-state index contributed by atoms with van der Waals surface area (Å²) in [6.07, 6.45) is 1.86. The molecule has 0 saturated heterocycles. The van der Waals surface area contributed by atoms with Crippen molar-refractivity contribution in [2.24, 2.45) is 0 Å². The van der Waals surface area contributed by atoms with Crippen molar-refractivity contribution in [3.05, 3.63) is 53.2 Å². The van der Waals surface area contributed by atoms with Crippen LogP contribution in [-0.2, 0) is 0 Å². The third kappa shape index (κ3) is 3.02. The molecule has 0 spiro atoms. The second kappa shape index (κ2) is 6.87. The monoisotopic (exact) mass is 408 g/mol. The summed E-state index contributed by atoms with van der Waals surface area (Å²) in [5.74, 6) is 0. The van der Waals surface area contributed by atoms with Crippen LogP contribution in [-0.4, -0.2) is 39.2 Å². The molecule has 4 rings (SSSR count). The lowest BCUT2D eigenvalue weighted by Gasteiger charge is -2.20. The summed E-state index contributed by atoms with van der Waals surface area (Å²) < 4.78 is 6.92. The lowest BCUT2D eigenvalue weighted by Crippen LogP contribution is -2.55. The Balaban J connectivity index is 1.95. The molecule has 7 heteroatoms. The molecule has 1 aromatic heterocycles. The van der Waals surface area contributed by atoms with Crippen LogP contribution in [0.1, 0.15) is 0 Å². The molecular formula is C20H18B5BrO. The first-order chi connectivity index (χ1) is 12.9. The molecule has 4 aromatic rings. The van der Waals surface area contributed by atoms with Crippen LogP contribution < -0.4 is 27.3 Å². The molecule has 0 aliphatic carbocycles. The van der Waals surface area contributed by atoms with Crippen molar-refractivity contribution in [2.75, 3.05) is 0 Å². The van der Waals surface area contributed by atoms with Gasteiger partial charge in [0.1, 0.15) is 44.8 Å². The van der Waals surface area contributed by atoms with Crippen LogP contribution in [0.4, 0.5) is 0 Å². The fourth-order valence-electron chi connectivity index (χ4n) is 3.97. The second-order valence-corrected chi connectivity index (χ2v) is 8.28. The average molecular weight is 408 g/mol. The molecule has 0 fully saturated rings. The Morgan fingerprint density at radius 1 is 0.667 bits per heavy atom. The Morgan fingerprint density at radius 3 is 1.85 bits per heavy atom. The maximum absolute atomic E-state index is 5.84. The van der Waals surface area contributed by atoms with Gasteiger partial charge in [-0.1, -0.05) is 45.1 Å². The maximum Gasteiger partial charge on any atom is 0.139 e. The van der Waals surface area contributed by atoms with E-state index in [1.807, 2.05) is 6.26 Å². The lowest BCUT2D eigenvalue weighted by molar-refractivity contribution is 0.617. The predicted molar refractivity (Wildman–Crippen MR) is 136 cm³/mol. The van der Waals surface area contributed by atoms with E-state index in [9.17, 15) is 0 Å². The number of hydrogen-bond donors (Lipinski definition) is 0. The zero-order valence-corrected chi connectivity index (χ0v) is 18.0. The Bertz CT molecular complexity index is 1150. The van der Waals surface area contributed by atoms with E-state index in [0.717, 1.165) is 21.0 Å². The molecule has 0 radical (unpaired) electrons. The van der Waals surface area contributed by atoms with Gasteiger partial charge in [0, 0.05) is 15.4 Å². The van der Waals surface area contributed by atoms with Gasteiger partial charge in [-0.3, -0.25) is 0 Å². The van der Waals surface area contributed by atoms with Gasteiger partial charge in [-0.15, -0.1) is 16.4 Å². The summed E-state index contributed by atoms with van der Waals surface area (Å²) in [5.41, 5.74) is 12.7. The van der Waals surface area contributed by atoms with Crippen LogP contribution in [0.3, 0.4) is 0 Å². The van der Waals surface area contributed by atoms with Gasteiger partial charge < -0.3 is 4.42 Å². The highest BCUT2D eigenvalue weighted by Gasteiger charge is 2.15. The SMILES string of the molecule is Bc1c(B)c(B)c(-c2ccc3occ(-c4ccc(Br)cc4)c3c2)c(B)c1B. The number of rotatable bonds is 2. The van der Waals surface area contributed by atoms with Gasteiger partial charge in [0.05, 0.1) is 6.26 Å². The molecule has 3 aromatic carbocycles. The summed E-state index contributed by atoms with van der Waals surface area (Å²) in [6, 6.07) is 14.9. The topological polar surface area (TPSA) is 13.1 Å². The fraction of sp³-hybridized carbons (Fsp3) is 0. The second-order valence-electron chi connectivity index (χ2n) is 7.37. The van der Waals surface area contributed by atoms with Crippen LogP contribution in [0.15, 0.2) is 57.6 Å². The minimum Gasteiger partial charge on any atom is -0.464 e. The van der Waals surface area contributed by atoms with Gasteiger partial charge in [-0.05, 0) is 41.0 Å². The third-order valence-electron chi connectivity index (χ3n) is 6.02. The van der Waals surface area contributed by atoms with Crippen molar-refractivity contribution in [1.29, 1.82) is 0 Å². The van der Waals surface area contributed by atoms with Crippen molar-refractivity contribution < 1.29 is 4.42 Å². The van der Waals surface area contributed by atoms with E-state index in [-0.39, 0.29) is 0 Å². The number of halogens is 1. The largest absolute Gasteiger partial charge is 0.464 e. The highest BCUT2D eigenvalue weighted by atomic mass is 79.9. The summed E-state index contributed by atoms with van der Waals surface area (Å²) >= 11 is 3.51. The maximum atomic E-state index is 5.84. The zero-order valence-electron chi connectivity index (χ0n) is 16.4. The molecule has 0 saturated carbocycles. The zero-order chi connectivity index (χ0) is 19.3. The molecule has 0 bridgehead atoms. The first-order valence-electron chi connectivity index (χ1n) is 9.23. The standard InChI is InChI=1S/C20H18B5BrO/c21-16-15(17(22)19(24)20(25)18(16)23)10-3-6-14-12(7-10)13(8-27-14)9-1-4-11(26)5-2-9/h1-8H,21-25H2. The molecule has 0 aliphatic rings. The predicted octanol–water partition coefficient (Wildman–Crippen LogP) is -2.18. The van der Waals surface area contributed by atoms with Gasteiger partial charge in [-0.25, -0.2) is 0 Å². The highest BCUT2D eigenvalue weighted by molar-refractivity contribution is 9.10. The van der Waals surface area contributed by atoms with Crippen molar-refractivity contribution in [3.63, 3.8) is 0 Å². The molecule has 1 heterocycles. The summed E-state index contributed by atoms with van der Waals surface area (Å²) in [4.78, 5) is 0. The third-order valence-corrected chi connectivity index (χ3v) is 6.55. The number of hydrogen-bond acceptors (Lipinski definition) is 1. The first kappa shape index (κ1) is 18.4. The van der Waals surface area contributed by atoms with E-state index in [0.29, 0.717) is 0 Å². The van der Waals surface area contributed by atoms with Gasteiger partial charge in [0.15, 0.2) is 0 Å². The molecular weight excluding hydrogens is 390 g/mol. The van der Waals surface area contributed by atoms with E-state index in [1.165, 1.54) is 44.0 Å². The van der Waals surface area contributed by atoms with Crippen LogP contribution in [0.25, 0.3) is 33.2 Å². The van der Waals surface area contributed by atoms with E-state index in [4.69, 9.17) is 4.42 Å². The quantitative estimate of drug-likeness (QED) is 0.344. The van der Waals surface area contributed by atoms with Crippen LogP contribution >= 0.6 is 15.9 Å². The Labute approximate surface area is 173 Å². The molecule has 0 aliphatic heterocycles. The lowest BCUT2D eigenvalue weighted by atomic mass is 9.59. The highest BCUT2D eigenvalue weighted by Crippen LogP contribution is 2.33. The molecule has 0 unspecified atom stereocenters. The van der Waals surface area contributed by atoms with Crippen molar-refractivity contribution in [3.8, 4) is 22.3 Å². The van der Waals surface area contributed by atoms with E-state index in [1.54, 1.807) is 0 Å². The molecule has 0 amide bonds. The smallest absolute Gasteiger partial charge is 0.139 e. The Hall–Kier alpha value is -2.00. The first-order valence-corrected chi connectivity index (χ1v) is 10.0. The van der Waals surface area contributed by atoms with Gasteiger partial charge in [0.25, 0.3) is 0 Å². The molecule has 0 atom stereocenters. The van der Waals surface area contributed by atoms with Gasteiger partial charge in [-0.2, -0.15) is 0 Å². The Morgan fingerprint density at radius 2 is 1.22 bits per heavy atom. The van der Waals surface area contributed by atoms with Crippen LogP contribution in [0.2, 0.25) is 0 Å². The Kier molecular flexibility index (Phi) is 4.67. The number of fused-ring (bicyclic) bond motifs is 1. The van der Waals surface area contributed by atoms with E-state index in [2.05, 4.69) is 97.6 Å². The van der Waals surface area contributed by atoms with Crippen molar-refractivity contribution >= 4 is 93.4 Å². The summed E-state index contributed by atoms with van der Waals surface area (Å²) in [6.45, 7) is 0. The van der Waals surface area contributed by atoms with E-state index >= 15 is 0 Å².